The molecular formula is C20H20Cl2N4O. The SMILES string of the molecule is Cn1c(CN2C[C@@H]3C(COc4cc(Cl)ccc4Cl)[C@@H]3C2)nc2ccncc21. The minimum atomic E-state index is 0.612. The molecule has 27 heavy (non-hydrogen) atoms. The summed E-state index contributed by atoms with van der Waals surface area (Å²) in [4.78, 5) is 11.4. The second-order valence-corrected chi connectivity index (χ2v) is 8.37. The van der Waals surface area contributed by atoms with E-state index < -0.39 is 0 Å². The van der Waals surface area contributed by atoms with Crippen LogP contribution in [0.3, 0.4) is 0 Å². The highest BCUT2D eigenvalue weighted by atomic mass is 35.5. The number of aromatic nitrogens is 3. The number of pyridine rings is 1. The number of benzene rings is 1. The number of rotatable bonds is 5. The third-order valence-corrected chi connectivity index (χ3v) is 6.46. The first-order valence-corrected chi connectivity index (χ1v) is 9.91. The van der Waals surface area contributed by atoms with Crippen LogP contribution < -0.4 is 4.74 Å². The Morgan fingerprint density at radius 2 is 2.00 bits per heavy atom. The van der Waals surface area contributed by atoms with E-state index in [2.05, 4.69) is 21.5 Å². The van der Waals surface area contributed by atoms with Gasteiger partial charge in [-0.1, -0.05) is 23.2 Å². The molecule has 5 rings (SSSR count). The minimum absolute atomic E-state index is 0.612. The van der Waals surface area contributed by atoms with Crippen molar-refractivity contribution in [3.63, 3.8) is 0 Å². The average Bonchev–Trinajstić information content (AvgIpc) is 2.98. The summed E-state index contributed by atoms with van der Waals surface area (Å²) in [5, 5.41) is 1.26. The van der Waals surface area contributed by atoms with Gasteiger partial charge in [0.15, 0.2) is 0 Å². The van der Waals surface area contributed by atoms with E-state index in [0.717, 1.165) is 36.5 Å². The monoisotopic (exact) mass is 402 g/mol. The van der Waals surface area contributed by atoms with Crippen LogP contribution in [0.5, 0.6) is 5.75 Å². The maximum absolute atomic E-state index is 6.18. The van der Waals surface area contributed by atoms with Gasteiger partial charge in [-0.25, -0.2) is 4.98 Å². The fraction of sp³-hybridized carbons (Fsp3) is 0.400. The van der Waals surface area contributed by atoms with Crippen molar-refractivity contribution >= 4 is 34.2 Å². The number of aryl methyl sites for hydroxylation is 1. The van der Waals surface area contributed by atoms with Gasteiger partial charge in [0.25, 0.3) is 0 Å². The largest absolute Gasteiger partial charge is 0.492 e. The van der Waals surface area contributed by atoms with Crippen molar-refractivity contribution in [2.24, 2.45) is 24.8 Å². The molecule has 2 aliphatic rings. The van der Waals surface area contributed by atoms with Crippen molar-refractivity contribution in [3.05, 3.63) is 52.5 Å². The predicted octanol–water partition coefficient (Wildman–Crippen LogP) is 4.03. The Hall–Kier alpha value is -1.82. The number of fused-ring (bicyclic) bond motifs is 2. The number of likely N-dealkylation sites (tertiary alicyclic amines) is 1. The molecule has 5 nitrogen and oxygen atoms in total. The van der Waals surface area contributed by atoms with Gasteiger partial charge in [0.1, 0.15) is 11.6 Å². The first kappa shape index (κ1) is 17.3. The summed E-state index contributed by atoms with van der Waals surface area (Å²) in [5.74, 6) is 3.80. The van der Waals surface area contributed by atoms with Crippen LogP contribution >= 0.6 is 23.2 Å². The van der Waals surface area contributed by atoms with Crippen LogP contribution in [0.4, 0.5) is 0 Å². The van der Waals surface area contributed by atoms with Crippen molar-refractivity contribution in [2.45, 2.75) is 6.54 Å². The lowest BCUT2D eigenvalue weighted by Gasteiger charge is -2.19. The molecule has 0 amide bonds. The first-order chi connectivity index (χ1) is 13.1. The Balaban J connectivity index is 1.17. The second kappa shape index (κ2) is 6.66. The van der Waals surface area contributed by atoms with Crippen LogP contribution in [0.2, 0.25) is 10.0 Å². The Morgan fingerprint density at radius 1 is 1.19 bits per heavy atom. The number of imidazole rings is 1. The molecule has 1 saturated heterocycles. The molecule has 0 radical (unpaired) electrons. The molecule has 0 bridgehead atoms. The molecule has 3 atom stereocenters. The molecular weight excluding hydrogens is 383 g/mol. The van der Waals surface area contributed by atoms with Gasteiger partial charge >= 0.3 is 0 Å². The zero-order valence-electron chi connectivity index (χ0n) is 15.0. The molecule has 1 unspecified atom stereocenters. The van der Waals surface area contributed by atoms with E-state index in [1.54, 1.807) is 24.4 Å². The molecule has 0 spiro atoms. The molecule has 1 aliphatic heterocycles. The van der Waals surface area contributed by atoms with Crippen LogP contribution in [0.15, 0.2) is 36.7 Å². The lowest BCUT2D eigenvalue weighted by Crippen LogP contribution is -2.26. The normalized spacial score (nSPS) is 24.3. The molecule has 140 valence electrons. The van der Waals surface area contributed by atoms with Gasteiger partial charge in [0.05, 0.1) is 35.4 Å². The van der Waals surface area contributed by atoms with Crippen molar-refractivity contribution in [3.8, 4) is 5.75 Å². The first-order valence-electron chi connectivity index (χ1n) is 9.15. The van der Waals surface area contributed by atoms with Crippen molar-refractivity contribution in [1.29, 1.82) is 0 Å². The molecule has 0 N–H and O–H groups in total. The molecule has 1 aromatic carbocycles. The van der Waals surface area contributed by atoms with Crippen molar-refractivity contribution in [2.75, 3.05) is 19.7 Å². The summed E-state index contributed by atoms with van der Waals surface area (Å²) in [6, 6.07) is 7.31. The van der Waals surface area contributed by atoms with Crippen LogP contribution in [-0.4, -0.2) is 39.1 Å². The van der Waals surface area contributed by atoms with Crippen LogP contribution in [0.25, 0.3) is 11.0 Å². The minimum Gasteiger partial charge on any atom is -0.492 e. The topological polar surface area (TPSA) is 43.2 Å². The summed E-state index contributed by atoms with van der Waals surface area (Å²) in [6.07, 6.45) is 3.67. The molecule has 7 heteroatoms. The number of hydrogen-bond acceptors (Lipinski definition) is 4. The lowest BCUT2D eigenvalue weighted by molar-refractivity contribution is 0.226. The zero-order valence-corrected chi connectivity index (χ0v) is 16.5. The van der Waals surface area contributed by atoms with Gasteiger partial charge in [-0.2, -0.15) is 0 Å². The van der Waals surface area contributed by atoms with Gasteiger partial charge < -0.3 is 9.30 Å². The van der Waals surface area contributed by atoms with Crippen LogP contribution in [-0.2, 0) is 13.6 Å². The Kier molecular flexibility index (Phi) is 4.26. The number of halogens is 2. The number of nitrogens with zero attached hydrogens (tertiary/aromatic N) is 4. The quantitative estimate of drug-likeness (QED) is 0.645. The Labute approximate surface area is 167 Å². The van der Waals surface area contributed by atoms with E-state index in [4.69, 9.17) is 32.9 Å². The molecule has 3 heterocycles. The van der Waals surface area contributed by atoms with Gasteiger partial charge in [-0.15, -0.1) is 0 Å². The molecule has 1 aliphatic carbocycles. The van der Waals surface area contributed by atoms with Gasteiger partial charge in [-0.3, -0.25) is 9.88 Å². The highest BCUT2D eigenvalue weighted by Crippen LogP contribution is 2.52. The van der Waals surface area contributed by atoms with Gasteiger partial charge in [0, 0.05) is 43.3 Å². The van der Waals surface area contributed by atoms with E-state index >= 15 is 0 Å². The summed E-state index contributed by atoms with van der Waals surface area (Å²) in [6.45, 7) is 3.79. The maximum Gasteiger partial charge on any atom is 0.139 e. The highest BCUT2D eigenvalue weighted by molar-refractivity contribution is 6.34. The molecule has 1 saturated carbocycles. The number of hydrogen-bond donors (Lipinski definition) is 0. The molecule has 2 aromatic heterocycles. The predicted molar refractivity (Wildman–Crippen MR) is 106 cm³/mol. The zero-order chi connectivity index (χ0) is 18.5. The summed E-state index contributed by atoms with van der Waals surface area (Å²) in [7, 11) is 2.06. The molecule has 2 fully saturated rings. The third kappa shape index (κ3) is 3.18. The smallest absolute Gasteiger partial charge is 0.139 e. The highest BCUT2D eigenvalue weighted by Gasteiger charge is 2.55. The third-order valence-electron chi connectivity index (χ3n) is 5.91. The van der Waals surface area contributed by atoms with Crippen LogP contribution in [0, 0.1) is 17.8 Å². The lowest BCUT2D eigenvalue weighted by atomic mass is 10.2. The number of ether oxygens (including phenoxy) is 1. The van der Waals surface area contributed by atoms with Crippen molar-refractivity contribution < 1.29 is 4.74 Å². The standard InChI is InChI=1S/C20H20Cl2N4O/c1-25-18-7-23-5-4-17(18)24-20(25)10-26-8-13-14(9-26)15(13)11-27-19-6-12(21)2-3-16(19)22/h2-7,13-15H,8-11H2,1H3/t13-,14+,15?. The molecule has 3 aromatic rings. The summed E-state index contributed by atoms with van der Waals surface area (Å²) in [5.41, 5.74) is 2.10. The van der Waals surface area contributed by atoms with E-state index in [-0.39, 0.29) is 0 Å². The van der Waals surface area contributed by atoms with E-state index in [0.29, 0.717) is 40.2 Å². The maximum atomic E-state index is 6.18. The number of piperidine rings is 1. The summed E-state index contributed by atoms with van der Waals surface area (Å²) < 4.78 is 8.08. The second-order valence-electron chi connectivity index (χ2n) is 7.52. The fourth-order valence-electron chi connectivity index (χ4n) is 4.31. The fourth-order valence-corrected chi connectivity index (χ4v) is 4.65. The van der Waals surface area contributed by atoms with E-state index in [1.807, 2.05) is 12.3 Å². The average molecular weight is 403 g/mol. The van der Waals surface area contributed by atoms with Crippen molar-refractivity contribution in [1.82, 2.24) is 19.4 Å². The Morgan fingerprint density at radius 3 is 2.78 bits per heavy atom. The van der Waals surface area contributed by atoms with Crippen LogP contribution in [0.1, 0.15) is 5.82 Å². The Bertz CT molecular complexity index is 993. The van der Waals surface area contributed by atoms with E-state index in [1.165, 1.54) is 0 Å². The van der Waals surface area contributed by atoms with Gasteiger partial charge in [-0.05, 0) is 30.0 Å². The van der Waals surface area contributed by atoms with E-state index in [9.17, 15) is 0 Å². The summed E-state index contributed by atoms with van der Waals surface area (Å²) >= 11 is 12.2. The van der Waals surface area contributed by atoms with Gasteiger partial charge in [0.2, 0.25) is 0 Å².